The molecular formula is C15H14FNO3. The summed E-state index contributed by atoms with van der Waals surface area (Å²) in [4.78, 5) is 11.3. The van der Waals surface area contributed by atoms with Gasteiger partial charge in [-0.1, -0.05) is 18.2 Å². The van der Waals surface area contributed by atoms with Gasteiger partial charge in [-0.15, -0.1) is 0 Å². The van der Waals surface area contributed by atoms with Crippen molar-refractivity contribution < 1.29 is 19.4 Å². The molecule has 0 aliphatic rings. The highest BCUT2D eigenvalue weighted by Crippen LogP contribution is 2.24. The van der Waals surface area contributed by atoms with Crippen LogP contribution in [0.5, 0.6) is 5.75 Å². The maximum absolute atomic E-state index is 13.3. The van der Waals surface area contributed by atoms with Gasteiger partial charge >= 0.3 is 5.97 Å². The van der Waals surface area contributed by atoms with Gasteiger partial charge in [0.05, 0.1) is 0 Å². The number of carboxylic acid groups (broad SMARTS) is 1. The van der Waals surface area contributed by atoms with Crippen molar-refractivity contribution >= 4 is 11.7 Å². The lowest BCUT2D eigenvalue weighted by Gasteiger charge is -2.16. The van der Waals surface area contributed by atoms with Gasteiger partial charge in [-0.3, -0.25) is 0 Å². The number of carbonyl (C=O) groups is 1. The molecule has 2 aromatic carbocycles. The number of hydrogen-bond donors (Lipinski definition) is 3. The second-order valence-corrected chi connectivity index (χ2v) is 4.50. The van der Waals surface area contributed by atoms with Crippen LogP contribution in [0.2, 0.25) is 0 Å². The molecule has 0 fully saturated rings. The second kappa shape index (κ2) is 5.61. The zero-order valence-corrected chi connectivity index (χ0v) is 10.8. The zero-order chi connectivity index (χ0) is 14.7. The molecule has 5 heteroatoms. The molecule has 0 aliphatic carbocycles. The molecule has 1 unspecified atom stereocenters. The average molecular weight is 275 g/mol. The smallest absolute Gasteiger partial charge is 0.330 e. The largest absolute Gasteiger partial charge is 0.505 e. The summed E-state index contributed by atoms with van der Waals surface area (Å²) in [6.45, 7) is 1.89. The summed E-state index contributed by atoms with van der Waals surface area (Å²) >= 11 is 0. The molecule has 3 N–H and O–H groups in total. The van der Waals surface area contributed by atoms with E-state index in [0.717, 1.165) is 17.7 Å². The van der Waals surface area contributed by atoms with Crippen molar-refractivity contribution in [2.45, 2.75) is 13.0 Å². The minimum Gasteiger partial charge on any atom is -0.505 e. The van der Waals surface area contributed by atoms with Crippen LogP contribution in [-0.4, -0.2) is 16.2 Å². The topological polar surface area (TPSA) is 69.6 Å². The Balaban J connectivity index is 2.32. The van der Waals surface area contributed by atoms with E-state index in [4.69, 9.17) is 5.11 Å². The van der Waals surface area contributed by atoms with Gasteiger partial charge in [0.15, 0.2) is 17.6 Å². The summed E-state index contributed by atoms with van der Waals surface area (Å²) in [6, 6.07) is 9.66. The standard InChI is InChI=1S/C15H14FNO3/c1-9-3-2-4-11(7-9)17-14(15(19)20)10-5-6-13(18)12(16)8-10/h2-8,14,17-18H,1H3,(H,19,20). The van der Waals surface area contributed by atoms with Crippen molar-refractivity contribution in [2.24, 2.45) is 0 Å². The van der Waals surface area contributed by atoms with Gasteiger partial charge in [-0.05, 0) is 42.3 Å². The van der Waals surface area contributed by atoms with Crippen LogP contribution in [0.1, 0.15) is 17.2 Å². The summed E-state index contributed by atoms with van der Waals surface area (Å²) in [6.07, 6.45) is 0. The molecular weight excluding hydrogens is 261 g/mol. The van der Waals surface area contributed by atoms with E-state index in [-0.39, 0.29) is 5.56 Å². The van der Waals surface area contributed by atoms with Crippen LogP contribution in [0.3, 0.4) is 0 Å². The van der Waals surface area contributed by atoms with Crippen LogP contribution in [0.25, 0.3) is 0 Å². The molecule has 104 valence electrons. The van der Waals surface area contributed by atoms with Gasteiger partial charge in [0, 0.05) is 5.69 Å². The van der Waals surface area contributed by atoms with Crippen LogP contribution in [0, 0.1) is 12.7 Å². The lowest BCUT2D eigenvalue weighted by atomic mass is 10.1. The first-order valence-corrected chi connectivity index (χ1v) is 6.02. The summed E-state index contributed by atoms with van der Waals surface area (Å²) in [7, 11) is 0. The number of halogens is 1. The summed E-state index contributed by atoms with van der Waals surface area (Å²) in [5.74, 6) is -2.48. The minimum atomic E-state index is -1.13. The first-order valence-electron chi connectivity index (χ1n) is 6.02. The number of nitrogens with one attached hydrogen (secondary N) is 1. The minimum absolute atomic E-state index is 0.231. The Kier molecular flexibility index (Phi) is 3.89. The number of benzene rings is 2. The van der Waals surface area contributed by atoms with Crippen molar-refractivity contribution in [1.29, 1.82) is 0 Å². The fourth-order valence-electron chi connectivity index (χ4n) is 1.89. The van der Waals surface area contributed by atoms with Crippen molar-refractivity contribution in [3.8, 4) is 5.75 Å². The predicted octanol–water partition coefficient (Wildman–Crippen LogP) is 3.08. The SMILES string of the molecule is Cc1cccc(NC(C(=O)O)c2ccc(O)c(F)c2)c1. The Morgan fingerprint density at radius 3 is 2.60 bits per heavy atom. The van der Waals surface area contributed by atoms with Crippen LogP contribution in [0.4, 0.5) is 10.1 Å². The van der Waals surface area contributed by atoms with Crippen molar-refractivity contribution in [1.82, 2.24) is 0 Å². The van der Waals surface area contributed by atoms with Crippen molar-refractivity contribution in [3.63, 3.8) is 0 Å². The van der Waals surface area contributed by atoms with E-state index in [2.05, 4.69) is 5.32 Å². The van der Waals surface area contributed by atoms with E-state index in [1.165, 1.54) is 6.07 Å². The van der Waals surface area contributed by atoms with E-state index in [9.17, 15) is 14.3 Å². The average Bonchev–Trinajstić information content (AvgIpc) is 2.39. The quantitative estimate of drug-likeness (QED) is 0.802. The van der Waals surface area contributed by atoms with Gasteiger partial charge < -0.3 is 15.5 Å². The number of aliphatic carboxylic acids is 1. The molecule has 2 aromatic rings. The van der Waals surface area contributed by atoms with Crippen LogP contribution in [-0.2, 0) is 4.79 Å². The van der Waals surface area contributed by atoms with E-state index in [1.54, 1.807) is 18.2 Å². The fraction of sp³-hybridized carbons (Fsp3) is 0.133. The number of aryl methyl sites for hydroxylation is 1. The molecule has 0 bridgehead atoms. The van der Waals surface area contributed by atoms with E-state index in [0.29, 0.717) is 5.69 Å². The van der Waals surface area contributed by atoms with Crippen LogP contribution in [0.15, 0.2) is 42.5 Å². The number of phenols is 1. The molecule has 0 saturated carbocycles. The first kappa shape index (κ1) is 13.9. The Bertz CT molecular complexity index is 643. The molecule has 0 aromatic heterocycles. The summed E-state index contributed by atoms with van der Waals surface area (Å²) in [5, 5.41) is 21.3. The third kappa shape index (κ3) is 3.06. The van der Waals surface area contributed by atoms with Gasteiger partial charge in [-0.2, -0.15) is 0 Å². The Labute approximate surface area is 115 Å². The molecule has 0 heterocycles. The molecule has 0 radical (unpaired) electrons. The van der Waals surface area contributed by atoms with Crippen LogP contribution >= 0.6 is 0 Å². The molecule has 0 amide bonds. The maximum Gasteiger partial charge on any atom is 0.330 e. The van der Waals surface area contributed by atoms with E-state index >= 15 is 0 Å². The number of hydrogen-bond acceptors (Lipinski definition) is 3. The maximum atomic E-state index is 13.3. The number of carboxylic acids is 1. The second-order valence-electron chi connectivity index (χ2n) is 4.50. The predicted molar refractivity (Wildman–Crippen MR) is 73.2 cm³/mol. The molecule has 2 rings (SSSR count). The fourth-order valence-corrected chi connectivity index (χ4v) is 1.89. The third-order valence-electron chi connectivity index (χ3n) is 2.88. The Hall–Kier alpha value is -2.56. The zero-order valence-electron chi connectivity index (χ0n) is 10.8. The number of aromatic hydroxyl groups is 1. The monoisotopic (exact) mass is 275 g/mol. The molecule has 1 atom stereocenters. The Morgan fingerprint density at radius 1 is 1.25 bits per heavy atom. The Morgan fingerprint density at radius 2 is 2.00 bits per heavy atom. The molecule has 20 heavy (non-hydrogen) atoms. The molecule has 0 aliphatic heterocycles. The third-order valence-corrected chi connectivity index (χ3v) is 2.88. The first-order chi connectivity index (χ1) is 9.47. The van der Waals surface area contributed by atoms with Gasteiger partial charge in [0.2, 0.25) is 0 Å². The molecule has 0 saturated heterocycles. The van der Waals surface area contributed by atoms with E-state index in [1.807, 2.05) is 13.0 Å². The van der Waals surface area contributed by atoms with Crippen molar-refractivity contribution in [2.75, 3.05) is 5.32 Å². The van der Waals surface area contributed by atoms with Gasteiger partial charge in [0.1, 0.15) is 0 Å². The lowest BCUT2D eigenvalue weighted by molar-refractivity contribution is -0.138. The molecule has 4 nitrogen and oxygen atoms in total. The van der Waals surface area contributed by atoms with Gasteiger partial charge in [-0.25, -0.2) is 9.18 Å². The highest BCUT2D eigenvalue weighted by molar-refractivity contribution is 5.79. The van der Waals surface area contributed by atoms with Gasteiger partial charge in [0.25, 0.3) is 0 Å². The van der Waals surface area contributed by atoms with Crippen molar-refractivity contribution in [3.05, 3.63) is 59.4 Å². The summed E-state index contributed by atoms with van der Waals surface area (Å²) in [5.41, 5.74) is 1.84. The molecule has 0 spiro atoms. The summed E-state index contributed by atoms with van der Waals surface area (Å²) < 4.78 is 13.3. The van der Waals surface area contributed by atoms with Crippen LogP contribution < -0.4 is 5.32 Å². The number of anilines is 1. The lowest BCUT2D eigenvalue weighted by Crippen LogP contribution is -2.20. The number of phenolic OH excluding ortho intramolecular Hbond substituents is 1. The highest BCUT2D eigenvalue weighted by atomic mass is 19.1. The highest BCUT2D eigenvalue weighted by Gasteiger charge is 2.20. The van der Waals surface area contributed by atoms with E-state index < -0.39 is 23.6 Å². The number of rotatable bonds is 4. The normalized spacial score (nSPS) is 11.9.